The van der Waals surface area contributed by atoms with Gasteiger partial charge in [0, 0.05) is 11.8 Å². The van der Waals surface area contributed by atoms with Crippen LogP contribution in [0.3, 0.4) is 0 Å². The van der Waals surface area contributed by atoms with Gasteiger partial charge in [-0.25, -0.2) is 0 Å². The zero-order chi connectivity index (χ0) is 9.84. The van der Waals surface area contributed by atoms with Gasteiger partial charge >= 0.3 is 5.97 Å². The largest absolute Gasteiger partial charge is 0.480 e. The molecule has 0 aliphatic carbocycles. The van der Waals surface area contributed by atoms with E-state index in [1.807, 2.05) is 18.7 Å². The summed E-state index contributed by atoms with van der Waals surface area (Å²) in [5, 5.41) is 8.90. The number of thioether (sulfide) groups is 1. The molecule has 1 rings (SSSR count). The maximum absolute atomic E-state index is 10.8. The molecule has 0 aromatic heterocycles. The summed E-state index contributed by atoms with van der Waals surface area (Å²) in [6.07, 6.45) is 1.14. The molecule has 1 heterocycles. The van der Waals surface area contributed by atoms with Gasteiger partial charge < -0.3 is 5.11 Å². The molecule has 1 N–H and O–H groups in total. The zero-order valence-corrected chi connectivity index (χ0v) is 9.01. The molecule has 0 bridgehead atoms. The normalized spacial score (nSPS) is 25.0. The number of carbonyl (C=O) groups is 1. The van der Waals surface area contributed by atoms with E-state index in [1.165, 1.54) is 5.75 Å². The quantitative estimate of drug-likeness (QED) is 0.747. The van der Waals surface area contributed by atoms with Crippen molar-refractivity contribution >= 4 is 17.7 Å². The lowest BCUT2D eigenvalue weighted by Crippen LogP contribution is -2.45. The first-order valence-corrected chi connectivity index (χ1v) is 5.88. The number of carboxylic acid groups (broad SMARTS) is 1. The molecule has 0 spiro atoms. The highest BCUT2D eigenvalue weighted by Gasteiger charge is 2.28. The first-order valence-electron chi connectivity index (χ1n) is 4.73. The highest BCUT2D eigenvalue weighted by atomic mass is 32.2. The number of hydrogen-bond donors (Lipinski definition) is 1. The number of nitrogens with zero attached hydrogens (tertiary/aromatic N) is 1. The second-order valence-corrected chi connectivity index (χ2v) is 4.51. The Bertz CT molecular complexity index is 180. The van der Waals surface area contributed by atoms with E-state index in [0.717, 1.165) is 18.7 Å². The third-order valence-corrected chi connectivity index (χ3v) is 3.74. The van der Waals surface area contributed by atoms with Crippen LogP contribution >= 0.6 is 11.8 Å². The van der Waals surface area contributed by atoms with E-state index in [4.69, 9.17) is 5.11 Å². The van der Waals surface area contributed by atoms with E-state index in [2.05, 4.69) is 4.90 Å². The minimum Gasteiger partial charge on any atom is -0.480 e. The molecule has 0 aromatic rings. The van der Waals surface area contributed by atoms with Crippen LogP contribution in [0.5, 0.6) is 0 Å². The third-order valence-electron chi connectivity index (χ3n) is 2.59. The highest BCUT2D eigenvalue weighted by Crippen LogP contribution is 2.23. The van der Waals surface area contributed by atoms with Gasteiger partial charge in [-0.15, -0.1) is 0 Å². The van der Waals surface area contributed by atoms with Gasteiger partial charge in [0.2, 0.25) is 0 Å². The van der Waals surface area contributed by atoms with Crippen LogP contribution in [-0.2, 0) is 4.79 Å². The monoisotopic (exact) mass is 203 g/mol. The highest BCUT2D eigenvalue weighted by molar-refractivity contribution is 7.99. The number of likely N-dealkylation sites (N-methyl/N-ethyl adjacent to an activating group) is 1. The summed E-state index contributed by atoms with van der Waals surface area (Å²) in [5.74, 6) is 1.55. The molecular weight excluding hydrogens is 186 g/mol. The first kappa shape index (κ1) is 10.9. The molecular formula is C9H17NO2S. The number of carboxylic acids is 1. The predicted octanol–water partition coefficient (Wildman–Crippen LogP) is 1.29. The summed E-state index contributed by atoms with van der Waals surface area (Å²) < 4.78 is 0. The van der Waals surface area contributed by atoms with Crippen LogP contribution < -0.4 is 0 Å². The van der Waals surface area contributed by atoms with Crippen LogP contribution in [-0.4, -0.2) is 46.1 Å². The smallest absolute Gasteiger partial charge is 0.320 e. The first-order chi connectivity index (χ1) is 6.16. The van der Waals surface area contributed by atoms with E-state index in [1.54, 1.807) is 6.92 Å². The van der Waals surface area contributed by atoms with Crippen molar-refractivity contribution < 1.29 is 9.90 Å². The van der Waals surface area contributed by atoms with E-state index in [-0.39, 0.29) is 6.04 Å². The van der Waals surface area contributed by atoms with E-state index >= 15 is 0 Å². The summed E-state index contributed by atoms with van der Waals surface area (Å²) in [5.41, 5.74) is 0. The van der Waals surface area contributed by atoms with Gasteiger partial charge in [-0.1, -0.05) is 6.92 Å². The Labute approximate surface area is 83.5 Å². The molecule has 0 amide bonds. The van der Waals surface area contributed by atoms with Gasteiger partial charge in [0.15, 0.2) is 0 Å². The van der Waals surface area contributed by atoms with Crippen molar-refractivity contribution in [3.63, 3.8) is 0 Å². The van der Waals surface area contributed by atoms with Crippen LogP contribution in [0.1, 0.15) is 20.3 Å². The van der Waals surface area contributed by atoms with E-state index < -0.39 is 5.97 Å². The van der Waals surface area contributed by atoms with Gasteiger partial charge in [-0.3, -0.25) is 9.69 Å². The van der Waals surface area contributed by atoms with Crippen LogP contribution in [0.15, 0.2) is 0 Å². The van der Waals surface area contributed by atoms with Gasteiger partial charge in [0.25, 0.3) is 0 Å². The van der Waals surface area contributed by atoms with Crippen molar-refractivity contribution in [2.75, 3.05) is 18.1 Å². The van der Waals surface area contributed by atoms with Crippen LogP contribution in [0.2, 0.25) is 0 Å². The second kappa shape index (κ2) is 4.86. The molecule has 4 heteroatoms. The Balaban J connectivity index is 2.54. The summed E-state index contributed by atoms with van der Waals surface area (Å²) in [7, 11) is 0. The van der Waals surface area contributed by atoms with Crippen molar-refractivity contribution in [2.45, 2.75) is 32.4 Å². The van der Waals surface area contributed by atoms with E-state index in [9.17, 15) is 4.79 Å². The molecule has 3 nitrogen and oxygen atoms in total. The lowest BCUT2D eigenvalue weighted by molar-refractivity contribution is -0.143. The average molecular weight is 203 g/mol. The Hall–Kier alpha value is -0.220. The van der Waals surface area contributed by atoms with Crippen molar-refractivity contribution in [2.24, 2.45) is 0 Å². The second-order valence-electron chi connectivity index (χ2n) is 3.36. The minimum atomic E-state index is -0.709. The van der Waals surface area contributed by atoms with Crippen LogP contribution in [0.25, 0.3) is 0 Å². The minimum absolute atomic E-state index is 0.339. The maximum atomic E-state index is 10.8. The van der Waals surface area contributed by atoms with Crippen LogP contribution in [0.4, 0.5) is 0 Å². The lowest BCUT2D eigenvalue weighted by Gasteiger charge is -2.30. The average Bonchev–Trinajstić information content (AvgIpc) is 2.58. The molecule has 1 saturated heterocycles. The topological polar surface area (TPSA) is 40.5 Å². The Morgan fingerprint density at radius 2 is 2.46 bits per heavy atom. The molecule has 1 fully saturated rings. The standard InChI is InChI=1S/C9H17NO2S/c1-3-10(7(2)9(11)12)8-4-5-13-6-8/h7-8H,3-6H2,1-2H3,(H,11,12)/t7-,8-/m0/s1. The summed E-state index contributed by atoms with van der Waals surface area (Å²) in [4.78, 5) is 12.9. The fraction of sp³-hybridized carbons (Fsp3) is 0.889. The SMILES string of the molecule is CCN([C@H]1CCSC1)[C@@H](C)C(=O)O. The number of rotatable bonds is 4. The maximum Gasteiger partial charge on any atom is 0.320 e. The van der Waals surface area contributed by atoms with E-state index in [0.29, 0.717) is 6.04 Å². The van der Waals surface area contributed by atoms with Crippen molar-refractivity contribution in [1.82, 2.24) is 4.90 Å². The van der Waals surface area contributed by atoms with Gasteiger partial charge in [-0.2, -0.15) is 11.8 Å². The molecule has 0 saturated carbocycles. The third kappa shape index (κ3) is 2.61. The van der Waals surface area contributed by atoms with Gasteiger partial charge in [0.1, 0.15) is 6.04 Å². The Morgan fingerprint density at radius 1 is 1.77 bits per heavy atom. The molecule has 0 aromatic carbocycles. The predicted molar refractivity (Wildman–Crippen MR) is 55.2 cm³/mol. The number of hydrogen-bond acceptors (Lipinski definition) is 3. The number of aliphatic carboxylic acids is 1. The molecule has 1 aliphatic rings. The van der Waals surface area contributed by atoms with Gasteiger partial charge in [-0.05, 0) is 25.6 Å². The molecule has 2 atom stereocenters. The Morgan fingerprint density at radius 3 is 2.85 bits per heavy atom. The molecule has 0 radical (unpaired) electrons. The van der Waals surface area contributed by atoms with Crippen molar-refractivity contribution in [3.8, 4) is 0 Å². The fourth-order valence-corrected chi connectivity index (χ4v) is 3.01. The Kier molecular flexibility index (Phi) is 4.06. The molecule has 1 aliphatic heterocycles. The molecule has 0 unspecified atom stereocenters. The van der Waals surface area contributed by atoms with Gasteiger partial charge in [0.05, 0.1) is 0 Å². The molecule has 76 valence electrons. The summed E-state index contributed by atoms with van der Waals surface area (Å²) in [6.45, 7) is 4.63. The van der Waals surface area contributed by atoms with Crippen molar-refractivity contribution in [1.29, 1.82) is 0 Å². The fourth-order valence-electron chi connectivity index (χ4n) is 1.77. The summed E-state index contributed by atoms with van der Waals surface area (Å²) >= 11 is 1.92. The lowest BCUT2D eigenvalue weighted by atomic mass is 10.1. The van der Waals surface area contributed by atoms with Crippen molar-refractivity contribution in [3.05, 3.63) is 0 Å². The van der Waals surface area contributed by atoms with Crippen LogP contribution in [0, 0.1) is 0 Å². The summed E-state index contributed by atoms with van der Waals surface area (Å²) in [6, 6.07) is 0.134. The zero-order valence-electron chi connectivity index (χ0n) is 8.19. The molecule has 13 heavy (non-hydrogen) atoms.